The molecule has 0 aromatic heterocycles. The molecular formula is C16H23NOS. The van der Waals surface area contributed by atoms with Crippen molar-refractivity contribution in [2.45, 2.75) is 38.4 Å². The molecule has 2 rings (SSSR count). The molecule has 1 aromatic rings. The first-order chi connectivity index (χ1) is 9.02. The van der Waals surface area contributed by atoms with Gasteiger partial charge in [0.1, 0.15) is 0 Å². The lowest BCUT2D eigenvalue weighted by Gasteiger charge is -2.24. The molecule has 0 unspecified atom stereocenters. The third-order valence-electron chi connectivity index (χ3n) is 3.71. The van der Waals surface area contributed by atoms with Crippen molar-refractivity contribution in [1.29, 1.82) is 0 Å². The van der Waals surface area contributed by atoms with Gasteiger partial charge >= 0.3 is 0 Å². The van der Waals surface area contributed by atoms with Crippen LogP contribution in [0, 0.1) is 0 Å². The Balaban J connectivity index is 2.08. The number of benzene rings is 1. The van der Waals surface area contributed by atoms with Crippen LogP contribution >= 0.6 is 11.8 Å². The molecule has 0 amide bonds. The van der Waals surface area contributed by atoms with Gasteiger partial charge in [0.25, 0.3) is 0 Å². The summed E-state index contributed by atoms with van der Waals surface area (Å²) in [6, 6.07) is 8.10. The zero-order chi connectivity index (χ0) is 13.9. The zero-order valence-electron chi connectivity index (χ0n) is 12.1. The summed E-state index contributed by atoms with van der Waals surface area (Å²) in [6.07, 6.45) is 1.78. The third kappa shape index (κ3) is 3.75. The molecule has 0 saturated carbocycles. The van der Waals surface area contributed by atoms with Gasteiger partial charge in [0, 0.05) is 41.3 Å². The van der Waals surface area contributed by atoms with E-state index in [1.54, 1.807) is 0 Å². The number of nitrogens with zero attached hydrogens (tertiary/aromatic N) is 1. The summed E-state index contributed by atoms with van der Waals surface area (Å²) < 4.78 is 0.382. The average molecular weight is 277 g/mol. The Morgan fingerprint density at radius 2 is 1.95 bits per heavy atom. The van der Waals surface area contributed by atoms with E-state index in [1.807, 2.05) is 19.1 Å². The molecule has 0 aliphatic carbocycles. The lowest BCUT2D eigenvalue weighted by Crippen LogP contribution is -2.26. The summed E-state index contributed by atoms with van der Waals surface area (Å²) in [5.74, 6) is 1.39. The van der Waals surface area contributed by atoms with E-state index < -0.39 is 0 Å². The molecule has 1 heterocycles. The van der Waals surface area contributed by atoms with E-state index in [0.717, 1.165) is 18.7 Å². The molecule has 0 atom stereocenters. The normalized spacial score (nSPS) is 19.0. The molecular weight excluding hydrogens is 254 g/mol. The zero-order valence-corrected chi connectivity index (χ0v) is 12.9. The number of hydrogen-bond acceptors (Lipinski definition) is 3. The number of Topliss-reactive ketones (excluding diaryl/α,β-unsaturated/α-hetero) is 1. The molecule has 0 N–H and O–H groups in total. The van der Waals surface area contributed by atoms with Crippen LogP contribution in [-0.2, 0) is 0 Å². The largest absolute Gasteiger partial charge is 0.371 e. The van der Waals surface area contributed by atoms with E-state index in [4.69, 9.17) is 0 Å². The number of anilines is 1. The van der Waals surface area contributed by atoms with Gasteiger partial charge in [-0.1, -0.05) is 20.8 Å². The molecule has 0 bridgehead atoms. The van der Waals surface area contributed by atoms with Crippen LogP contribution in [0.3, 0.4) is 0 Å². The topological polar surface area (TPSA) is 20.3 Å². The number of carbonyl (C=O) groups is 1. The molecule has 1 aliphatic heterocycles. The predicted molar refractivity (Wildman–Crippen MR) is 84.4 cm³/mol. The lowest BCUT2D eigenvalue weighted by molar-refractivity contribution is 0.0988. The van der Waals surface area contributed by atoms with Gasteiger partial charge in [-0.05, 0) is 30.7 Å². The van der Waals surface area contributed by atoms with Gasteiger partial charge in [-0.2, -0.15) is 11.8 Å². The van der Waals surface area contributed by atoms with Gasteiger partial charge < -0.3 is 4.90 Å². The SMILES string of the molecule is CCC(=O)c1ccc(N2CCSC(C)(C)CC2)cc1. The first kappa shape index (κ1) is 14.4. The standard InChI is InChI=1S/C16H23NOS/c1-4-15(18)13-5-7-14(8-6-13)17-10-9-16(2,3)19-12-11-17/h5-8H,4,9-12H2,1-3H3. The van der Waals surface area contributed by atoms with E-state index in [9.17, 15) is 4.79 Å². The number of ketones is 1. The van der Waals surface area contributed by atoms with Gasteiger partial charge in [-0.15, -0.1) is 0 Å². The van der Waals surface area contributed by atoms with Crippen LogP contribution in [0.25, 0.3) is 0 Å². The van der Waals surface area contributed by atoms with Gasteiger partial charge in [0.2, 0.25) is 0 Å². The number of hydrogen-bond donors (Lipinski definition) is 0. The smallest absolute Gasteiger partial charge is 0.162 e. The number of carbonyl (C=O) groups excluding carboxylic acids is 1. The minimum Gasteiger partial charge on any atom is -0.371 e. The van der Waals surface area contributed by atoms with Crippen LogP contribution in [0.4, 0.5) is 5.69 Å². The van der Waals surface area contributed by atoms with Crippen molar-refractivity contribution in [1.82, 2.24) is 0 Å². The van der Waals surface area contributed by atoms with E-state index >= 15 is 0 Å². The first-order valence-electron chi connectivity index (χ1n) is 7.04. The Morgan fingerprint density at radius 1 is 1.26 bits per heavy atom. The summed E-state index contributed by atoms with van der Waals surface area (Å²) in [5.41, 5.74) is 2.07. The van der Waals surface area contributed by atoms with Crippen molar-refractivity contribution in [3.05, 3.63) is 29.8 Å². The van der Waals surface area contributed by atoms with Crippen molar-refractivity contribution in [2.75, 3.05) is 23.7 Å². The Morgan fingerprint density at radius 3 is 2.58 bits per heavy atom. The maximum Gasteiger partial charge on any atom is 0.162 e. The molecule has 19 heavy (non-hydrogen) atoms. The molecule has 1 fully saturated rings. The van der Waals surface area contributed by atoms with Gasteiger partial charge in [-0.25, -0.2) is 0 Å². The van der Waals surface area contributed by atoms with Crippen molar-refractivity contribution < 1.29 is 4.79 Å². The Bertz CT molecular complexity index is 439. The summed E-state index contributed by atoms with van der Waals surface area (Å²) in [4.78, 5) is 14.1. The molecule has 2 nitrogen and oxygen atoms in total. The second-order valence-electron chi connectivity index (χ2n) is 5.67. The van der Waals surface area contributed by atoms with Gasteiger partial charge in [-0.3, -0.25) is 4.79 Å². The van der Waals surface area contributed by atoms with Crippen LogP contribution in [-0.4, -0.2) is 29.4 Å². The average Bonchev–Trinajstić information content (AvgIpc) is 2.59. The fourth-order valence-electron chi connectivity index (χ4n) is 2.34. The Labute approximate surface area is 120 Å². The number of rotatable bonds is 3. The predicted octanol–water partition coefficient (Wildman–Crippen LogP) is 4.00. The second-order valence-corrected chi connectivity index (χ2v) is 7.47. The highest BCUT2D eigenvalue weighted by molar-refractivity contribution is 8.00. The highest BCUT2D eigenvalue weighted by Crippen LogP contribution is 2.32. The Hall–Kier alpha value is -0.960. The minimum absolute atomic E-state index is 0.221. The van der Waals surface area contributed by atoms with E-state index in [-0.39, 0.29) is 5.78 Å². The van der Waals surface area contributed by atoms with Crippen molar-refractivity contribution in [2.24, 2.45) is 0 Å². The van der Waals surface area contributed by atoms with E-state index in [0.29, 0.717) is 11.2 Å². The van der Waals surface area contributed by atoms with Crippen molar-refractivity contribution in [3.63, 3.8) is 0 Å². The first-order valence-corrected chi connectivity index (χ1v) is 8.02. The second kappa shape index (κ2) is 6.00. The van der Waals surface area contributed by atoms with Crippen LogP contribution in [0.1, 0.15) is 44.0 Å². The third-order valence-corrected chi connectivity index (χ3v) is 5.09. The summed E-state index contributed by atoms with van der Waals surface area (Å²) in [5, 5.41) is 0. The minimum atomic E-state index is 0.221. The fourth-order valence-corrected chi connectivity index (χ4v) is 3.44. The fraction of sp³-hybridized carbons (Fsp3) is 0.562. The summed E-state index contributed by atoms with van der Waals surface area (Å²) >= 11 is 2.06. The molecule has 0 radical (unpaired) electrons. The summed E-state index contributed by atoms with van der Waals surface area (Å²) in [7, 11) is 0. The van der Waals surface area contributed by atoms with Crippen LogP contribution in [0.2, 0.25) is 0 Å². The molecule has 1 saturated heterocycles. The lowest BCUT2D eigenvalue weighted by atomic mass is 10.1. The number of thioether (sulfide) groups is 1. The monoisotopic (exact) mass is 277 g/mol. The Kier molecular flexibility index (Phi) is 4.56. The quantitative estimate of drug-likeness (QED) is 0.779. The summed E-state index contributed by atoms with van der Waals surface area (Å²) in [6.45, 7) is 8.74. The van der Waals surface area contributed by atoms with Crippen molar-refractivity contribution >= 4 is 23.2 Å². The molecule has 1 aliphatic rings. The van der Waals surface area contributed by atoms with Crippen LogP contribution in [0.15, 0.2) is 24.3 Å². The molecule has 1 aromatic carbocycles. The molecule has 0 spiro atoms. The van der Waals surface area contributed by atoms with Gasteiger partial charge in [0.15, 0.2) is 5.78 Å². The van der Waals surface area contributed by atoms with E-state index in [2.05, 4.69) is 42.6 Å². The molecule has 104 valence electrons. The highest BCUT2D eigenvalue weighted by Gasteiger charge is 2.23. The van der Waals surface area contributed by atoms with Crippen LogP contribution < -0.4 is 4.90 Å². The van der Waals surface area contributed by atoms with E-state index in [1.165, 1.54) is 17.9 Å². The highest BCUT2D eigenvalue weighted by atomic mass is 32.2. The molecule has 3 heteroatoms. The van der Waals surface area contributed by atoms with Crippen molar-refractivity contribution in [3.8, 4) is 0 Å². The van der Waals surface area contributed by atoms with Gasteiger partial charge in [0.05, 0.1) is 0 Å². The maximum atomic E-state index is 11.6. The maximum absolute atomic E-state index is 11.6. The van der Waals surface area contributed by atoms with Crippen LogP contribution in [0.5, 0.6) is 0 Å².